The number of fused-ring (bicyclic) bond motifs is 3. The maximum Gasteiger partial charge on any atom is 0.411 e. The average Bonchev–Trinajstić information content (AvgIpc) is 4.11. The molecule has 0 bridgehead atoms. The van der Waals surface area contributed by atoms with E-state index in [1.807, 2.05) is 6.92 Å². The molecule has 0 spiro atoms. The quantitative estimate of drug-likeness (QED) is 0.195. The molecule has 3 N–H and O–H groups in total. The highest BCUT2D eigenvalue weighted by molar-refractivity contribution is 7.91. The second-order valence-electron chi connectivity index (χ2n) is 17.1. The SMILES string of the molecule is COCCOc1cnc(O[C@@H]2C[C@H]3C(=O)N[C@]4(C(=O)NS(=O)(=O)C5CC5)C[C@H]4C=CCC[C@@H](C)C[C@@H](C)[C@H](N(C(=O)O)C(C)(C)C(F)(F)F)C(=O)N3C2)c2ccc(OC)cc12. The lowest BCUT2D eigenvalue weighted by atomic mass is 9.85. The number of carbonyl (C=O) groups excluding carboxylic acids is 3. The van der Waals surface area contributed by atoms with E-state index in [2.05, 4.69) is 15.0 Å². The van der Waals surface area contributed by atoms with E-state index >= 15 is 4.79 Å². The molecule has 2 saturated carbocycles. The minimum atomic E-state index is -5.11. The van der Waals surface area contributed by atoms with Gasteiger partial charge in [-0.3, -0.25) is 24.0 Å². The third-order valence-corrected chi connectivity index (χ3v) is 14.0. The predicted molar refractivity (Wildman–Crippen MR) is 214 cm³/mol. The van der Waals surface area contributed by atoms with Gasteiger partial charge in [0, 0.05) is 30.2 Å². The second kappa shape index (κ2) is 17.5. The van der Waals surface area contributed by atoms with Crippen LogP contribution in [0.1, 0.15) is 72.6 Å². The lowest BCUT2D eigenvalue weighted by Crippen LogP contribution is -2.66. The highest BCUT2D eigenvalue weighted by atomic mass is 32.2. The number of rotatable bonds is 12. The van der Waals surface area contributed by atoms with E-state index < -0.39 is 86.4 Å². The molecule has 3 heterocycles. The molecule has 3 fully saturated rings. The molecule has 20 heteroatoms. The standard InChI is InChI=1S/C41H54F3N5O11S/c1-23-9-7-8-10-25-20-40(25,37(52)47-61(55,56)28-12-13-28)46-34(50)31-19-27(60-35-29-14-11-26(58-6)18-30(29)32(21-45-35)59-16-15-57-5)22-48(31)36(51)33(24(2)17-23)49(38(53)54)39(3,4)41(42,43)44/h8,10-11,14,18,21,23-25,27-28,31,33H,7,9,12-13,15-17,19-20,22H2,1-6H3,(H,46,50)(H,47,52)(H,53,54)/t23-,24-,25-,27-,31+,33+,40-/m1/s1. The number of sulfonamides is 1. The van der Waals surface area contributed by atoms with Gasteiger partial charge in [-0.1, -0.05) is 26.0 Å². The number of carbonyl (C=O) groups is 4. The van der Waals surface area contributed by atoms with Gasteiger partial charge in [0.15, 0.2) is 0 Å². The monoisotopic (exact) mass is 881 g/mol. The van der Waals surface area contributed by atoms with E-state index in [9.17, 15) is 41.1 Å². The number of benzene rings is 1. The van der Waals surface area contributed by atoms with Crippen LogP contribution in [0.25, 0.3) is 10.8 Å². The number of amides is 4. The summed E-state index contributed by atoms with van der Waals surface area (Å²) in [7, 11) is -1.03. The number of alkyl halides is 3. The van der Waals surface area contributed by atoms with Crippen LogP contribution < -0.4 is 24.2 Å². The van der Waals surface area contributed by atoms with Crippen LogP contribution >= 0.6 is 0 Å². The molecule has 1 aromatic heterocycles. The maximum atomic E-state index is 15.1. The Balaban J connectivity index is 1.42. The molecule has 4 amide bonds. The Bertz CT molecular complexity index is 2150. The molecule has 2 aromatic rings. The van der Waals surface area contributed by atoms with Crippen molar-refractivity contribution >= 4 is 44.6 Å². The summed E-state index contributed by atoms with van der Waals surface area (Å²) in [5.41, 5.74) is -4.77. The van der Waals surface area contributed by atoms with Gasteiger partial charge in [-0.05, 0) is 82.4 Å². The molecule has 16 nitrogen and oxygen atoms in total. The van der Waals surface area contributed by atoms with Crippen molar-refractivity contribution in [3.8, 4) is 17.4 Å². The van der Waals surface area contributed by atoms with Crippen LogP contribution in [0.5, 0.6) is 17.4 Å². The number of ether oxygens (including phenoxy) is 4. The number of nitrogens with zero attached hydrogens (tertiary/aromatic N) is 3. The van der Waals surface area contributed by atoms with Crippen LogP contribution in [-0.4, -0.2) is 127 Å². The molecular weight excluding hydrogens is 828 g/mol. The third-order valence-electron chi connectivity index (χ3n) is 12.2. The van der Waals surface area contributed by atoms with Crippen LogP contribution in [0.4, 0.5) is 18.0 Å². The zero-order chi connectivity index (χ0) is 44.7. The molecule has 2 aliphatic carbocycles. The topological polar surface area (TPSA) is 203 Å². The van der Waals surface area contributed by atoms with Gasteiger partial charge >= 0.3 is 12.3 Å². The van der Waals surface area contributed by atoms with Crippen molar-refractivity contribution in [2.24, 2.45) is 17.8 Å². The molecular formula is C41H54F3N5O11S. The number of aromatic nitrogens is 1. The van der Waals surface area contributed by atoms with Gasteiger partial charge in [0.2, 0.25) is 27.7 Å². The molecule has 7 atom stereocenters. The van der Waals surface area contributed by atoms with Crippen LogP contribution in [0.3, 0.4) is 0 Å². The highest BCUT2D eigenvalue weighted by Crippen LogP contribution is 2.47. The number of carboxylic acid groups (broad SMARTS) is 1. The number of halogens is 3. The Kier molecular flexibility index (Phi) is 13.1. The normalized spacial score (nSPS) is 27.5. The zero-order valence-corrected chi connectivity index (χ0v) is 35.8. The minimum Gasteiger partial charge on any atom is -0.497 e. The van der Waals surface area contributed by atoms with Gasteiger partial charge in [0.25, 0.3) is 5.91 Å². The largest absolute Gasteiger partial charge is 0.497 e. The van der Waals surface area contributed by atoms with Crippen molar-refractivity contribution in [1.82, 2.24) is 24.8 Å². The fourth-order valence-corrected chi connectivity index (χ4v) is 9.75. The molecule has 61 heavy (non-hydrogen) atoms. The number of nitrogens with one attached hydrogen (secondary N) is 2. The fourth-order valence-electron chi connectivity index (χ4n) is 8.38. The van der Waals surface area contributed by atoms with Crippen LogP contribution in [-0.2, 0) is 29.1 Å². The number of hydrogen-bond donors (Lipinski definition) is 3. The number of allylic oxidation sites excluding steroid dienone is 1. The number of hydrogen-bond acceptors (Lipinski definition) is 11. The number of pyridine rings is 1. The van der Waals surface area contributed by atoms with Gasteiger partial charge in [-0.15, -0.1) is 0 Å². The van der Waals surface area contributed by atoms with E-state index in [0.717, 1.165) is 4.90 Å². The number of methoxy groups -OCH3 is 2. The lowest BCUT2D eigenvalue weighted by molar-refractivity contribution is -0.222. The second-order valence-corrected chi connectivity index (χ2v) is 19.0. The summed E-state index contributed by atoms with van der Waals surface area (Å²) in [6.07, 6.45) is -1.53. The summed E-state index contributed by atoms with van der Waals surface area (Å²) in [6.45, 7) is 4.82. The molecule has 336 valence electrons. The Morgan fingerprint density at radius 3 is 2.44 bits per heavy atom. The molecule has 0 radical (unpaired) electrons. The molecule has 4 aliphatic rings. The molecule has 6 rings (SSSR count). The maximum absolute atomic E-state index is 15.1. The first-order chi connectivity index (χ1) is 28.6. The van der Waals surface area contributed by atoms with Gasteiger partial charge in [0.05, 0.1) is 31.7 Å². The van der Waals surface area contributed by atoms with E-state index in [0.29, 0.717) is 61.8 Å². The zero-order valence-electron chi connectivity index (χ0n) is 35.0. The minimum absolute atomic E-state index is 0.0435. The van der Waals surface area contributed by atoms with Crippen molar-refractivity contribution in [3.05, 3.63) is 36.5 Å². The van der Waals surface area contributed by atoms with Gasteiger partial charge < -0.3 is 34.3 Å². The fraction of sp³-hybridized carbons (Fsp3) is 0.634. The summed E-state index contributed by atoms with van der Waals surface area (Å²) in [5, 5.41) is 13.5. The first-order valence-electron chi connectivity index (χ1n) is 20.3. The molecule has 1 aromatic carbocycles. The van der Waals surface area contributed by atoms with Crippen molar-refractivity contribution in [3.63, 3.8) is 0 Å². The lowest BCUT2D eigenvalue weighted by Gasteiger charge is -2.45. The first kappa shape index (κ1) is 45.7. The van der Waals surface area contributed by atoms with E-state index in [1.54, 1.807) is 30.4 Å². The molecule has 0 unspecified atom stereocenters. The summed E-state index contributed by atoms with van der Waals surface area (Å²) in [5.74, 6) is -3.76. The van der Waals surface area contributed by atoms with E-state index in [1.165, 1.54) is 27.3 Å². The first-order valence-corrected chi connectivity index (χ1v) is 21.9. The average molecular weight is 882 g/mol. The predicted octanol–water partition coefficient (Wildman–Crippen LogP) is 4.80. The van der Waals surface area contributed by atoms with Crippen molar-refractivity contribution < 1.29 is 64.8 Å². The summed E-state index contributed by atoms with van der Waals surface area (Å²) in [6, 6.07) is 1.61. The van der Waals surface area contributed by atoms with Crippen molar-refractivity contribution in [2.45, 2.75) is 113 Å². The summed E-state index contributed by atoms with van der Waals surface area (Å²) < 4.78 is 95.1. The van der Waals surface area contributed by atoms with E-state index in [4.69, 9.17) is 18.9 Å². The van der Waals surface area contributed by atoms with Gasteiger partial charge in [-0.2, -0.15) is 13.2 Å². The Hall–Kier alpha value is -4.85. The summed E-state index contributed by atoms with van der Waals surface area (Å²) >= 11 is 0. The third kappa shape index (κ3) is 9.49. The summed E-state index contributed by atoms with van der Waals surface area (Å²) in [4.78, 5) is 62.1. The molecule has 1 saturated heterocycles. The Morgan fingerprint density at radius 2 is 1.80 bits per heavy atom. The van der Waals surface area contributed by atoms with Crippen LogP contribution in [0.2, 0.25) is 0 Å². The highest BCUT2D eigenvalue weighted by Gasteiger charge is 2.63. The van der Waals surface area contributed by atoms with Crippen molar-refractivity contribution in [2.75, 3.05) is 34.0 Å². The van der Waals surface area contributed by atoms with Crippen molar-refractivity contribution in [1.29, 1.82) is 0 Å². The van der Waals surface area contributed by atoms with Gasteiger partial charge in [0.1, 0.15) is 47.4 Å². The van der Waals surface area contributed by atoms with Gasteiger partial charge in [-0.25, -0.2) is 18.2 Å². The molecule has 2 aliphatic heterocycles. The Labute approximate surface area is 352 Å². The van der Waals surface area contributed by atoms with Crippen LogP contribution in [0, 0.1) is 17.8 Å². The van der Waals surface area contributed by atoms with E-state index in [-0.39, 0.29) is 55.7 Å². The van der Waals surface area contributed by atoms with Crippen LogP contribution in [0.15, 0.2) is 36.5 Å². The Morgan fingerprint density at radius 1 is 1.08 bits per heavy atom. The smallest absolute Gasteiger partial charge is 0.411 e.